The minimum absolute atomic E-state index is 0.139. The molecular weight excluding hydrogens is 546 g/mol. The summed E-state index contributed by atoms with van der Waals surface area (Å²) in [7, 11) is 0. The van der Waals surface area contributed by atoms with Crippen molar-refractivity contribution in [1.82, 2.24) is 14.9 Å². The number of anilines is 2. The molecule has 2 atom stereocenters. The van der Waals surface area contributed by atoms with Gasteiger partial charge in [-0.25, -0.2) is 0 Å². The summed E-state index contributed by atoms with van der Waals surface area (Å²) in [6, 6.07) is 31.5. The standard InChI is InChI=1S/C34H32ClN5S/c1-23-15-19-38(20-16-23)30-14-13-27(22-28(30)35)40-33(32(37-34(40)41)29-9-4-5-17-36-29)31-10-6-18-39(31)26-12-11-24-7-2-3-8-25(24)21-26/h2-14,17-18,21-23,32-33H,15-16,19-20H2,1H3,(H,37,41)/t32-,33+/m0/s1. The molecule has 2 aromatic heterocycles. The fourth-order valence-corrected chi connectivity index (χ4v) is 6.92. The van der Waals surface area contributed by atoms with Gasteiger partial charge in [0.2, 0.25) is 0 Å². The molecule has 0 amide bonds. The van der Waals surface area contributed by atoms with Gasteiger partial charge in [-0.15, -0.1) is 0 Å². The zero-order chi connectivity index (χ0) is 27.9. The third-order valence-electron chi connectivity index (χ3n) is 8.53. The molecule has 7 heteroatoms. The summed E-state index contributed by atoms with van der Waals surface area (Å²) in [6.07, 6.45) is 6.35. The number of benzene rings is 3. The highest BCUT2D eigenvalue weighted by atomic mass is 35.5. The van der Waals surface area contributed by atoms with Crippen LogP contribution in [0.3, 0.4) is 0 Å². The van der Waals surface area contributed by atoms with E-state index in [1.54, 1.807) is 0 Å². The van der Waals surface area contributed by atoms with Crippen molar-refractivity contribution in [2.24, 2.45) is 5.92 Å². The molecule has 0 aliphatic carbocycles. The van der Waals surface area contributed by atoms with E-state index in [1.807, 2.05) is 18.3 Å². The van der Waals surface area contributed by atoms with Crippen LogP contribution in [0.1, 0.15) is 43.2 Å². The minimum atomic E-state index is -0.142. The Morgan fingerprint density at radius 2 is 1.63 bits per heavy atom. The monoisotopic (exact) mass is 577 g/mol. The van der Waals surface area contributed by atoms with Crippen LogP contribution in [0.5, 0.6) is 0 Å². The number of nitrogens with zero attached hydrogens (tertiary/aromatic N) is 4. The molecule has 206 valence electrons. The maximum Gasteiger partial charge on any atom is 0.174 e. The third kappa shape index (κ3) is 4.85. The number of pyridine rings is 1. The molecule has 0 saturated carbocycles. The fourth-order valence-electron chi connectivity index (χ4n) is 6.28. The average molecular weight is 578 g/mol. The Labute approximate surface area is 251 Å². The molecule has 2 saturated heterocycles. The third-order valence-corrected chi connectivity index (χ3v) is 9.14. The lowest BCUT2D eigenvalue weighted by atomic mass is 9.98. The predicted octanol–water partition coefficient (Wildman–Crippen LogP) is 8.09. The van der Waals surface area contributed by atoms with E-state index in [0.29, 0.717) is 5.11 Å². The highest BCUT2D eigenvalue weighted by Crippen LogP contribution is 2.44. The summed E-state index contributed by atoms with van der Waals surface area (Å²) in [6.45, 7) is 4.40. The quantitative estimate of drug-likeness (QED) is 0.214. The van der Waals surface area contributed by atoms with E-state index in [9.17, 15) is 0 Å². The number of nitrogens with one attached hydrogen (secondary N) is 1. The van der Waals surface area contributed by atoms with E-state index in [2.05, 4.69) is 112 Å². The highest BCUT2D eigenvalue weighted by Gasteiger charge is 2.42. The molecule has 0 radical (unpaired) electrons. The number of hydrogen-bond acceptors (Lipinski definition) is 3. The molecule has 2 aliphatic rings. The molecule has 0 spiro atoms. The van der Waals surface area contributed by atoms with Crippen molar-refractivity contribution < 1.29 is 0 Å². The lowest BCUT2D eigenvalue weighted by Gasteiger charge is -2.33. The van der Waals surface area contributed by atoms with Gasteiger partial charge in [0.05, 0.1) is 22.4 Å². The number of thiocarbonyl (C=S) groups is 1. The van der Waals surface area contributed by atoms with Crippen LogP contribution in [-0.4, -0.2) is 27.8 Å². The van der Waals surface area contributed by atoms with Gasteiger partial charge in [0.25, 0.3) is 0 Å². The van der Waals surface area contributed by atoms with Gasteiger partial charge in [0.15, 0.2) is 5.11 Å². The van der Waals surface area contributed by atoms with Gasteiger partial charge in [0, 0.05) is 42.6 Å². The second-order valence-corrected chi connectivity index (χ2v) is 11.9. The fraction of sp³-hybridized carbons (Fsp3) is 0.235. The van der Waals surface area contributed by atoms with Crippen LogP contribution in [-0.2, 0) is 0 Å². The summed E-state index contributed by atoms with van der Waals surface area (Å²) in [5, 5.41) is 7.44. The number of hydrogen-bond donors (Lipinski definition) is 1. The maximum atomic E-state index is 6.98. The van der Waals surface area contributed by atoms with Crippen molar-refractivity contribution in [2.75, 3.05) is 22.9 Å². The second-order valence-electron chi connectivity index (χ2n) is 11.1. The number of aromatic nitrogens is 2. The van der Waals surface area contributed by atoms with Crippen molar-refractivity contribution in [3.05, 3.63) is 120 Å². The van der Waals surface area contributed by atoms with Gasteiger partial charge >= 0.3 is 0 Å². The molecule has 1 N–H and O–H groups in total. The van der Waals surface area contributed by atoms with Gasteiger partial charge in [-0.2, -0.15) is 0 Å². The molecule has 3 aromatic carbocycles. The van der Waals surface area contributed by atoms with Crippen LogP contribution in [0, 0.1) is 5.92 Å². The topological polar surface area (TPSA) is 36.3 Å². The Balaban J connectivity index is 1.31. The molecule has 2 aliphatic heterocycles. The lowest BCUT2D eigenvalue weighted by molar-refractivity contribution is 0.438. The highest BCUT2D eigenvalue weighted by molar-refractivity contribution is 7.80. The zero-order valence-corrected chi connectivity index (χ0v) is 24.5. The van der Waals surface area contributed by atoms with E-state index >= 15 is 0 Å². The van der Waals surface area contributed by atoms with Crippen LogP contribution < -0.4 is 15.1 Å². The molecule has 2 fully saturated rings. The van der Waals surface area contributed by atoms with Gasteiger partial charge in [-0.05, 0) is 96.3 Å². The molecule has 0 unspecified atom stereocenters. The largest absolute Gasteiger partial charge is 0.370 e. The Bertz CT molecular complexity index is 1710. The van der Waals surface area contributed by atoms with Crippen molar-refractivity contribution in [2.45, 2.75) is 31.8 Å². The van der Waals surface area contributed by atoms with Crippen LogP contribution in [0.2, 0.25) is 5.02 Å². The first-order valence-electron chi connectivity index (χ1n) is 14.3. The molecule has 5 nitrogen and oxygen atoms in total. The number of piperidine rings is 1. The Kier molecular flexibility index (Phi) is 6.89. The zero-order valence-electron chi connectivity index (χ0n) is 23.0. The molecular formula is C34H32ClN5S. The Hall–Kier alpha value is -3.87. The first kappa shape index (κ1) is 26.1. The molecule has 4 heterocycles. The van der Waals surface area contributed by atoms with Crippen molar-refractivity contribution in [1.29, 1.82) is 0 Å². The van der Waals surface area contributed by atoms with E-state index in [-0.39, 0.29) is 12.1 Å². The Morgan fingerprint density at radius 1 is 0.854 bits per heavy atom. The van der Waals surface area contributed by atoms with Gasteiger partial charge in [-0.1, -0.05) is 54.9 Å². The van der Waals surface area contributed by atoms with Crippen LogP contribution in [0.25, 0.3) is 16.5 Å². The molecule has 41 heavy (non-hydrogen) atoms. The van der Waals surface area contributed by atoms with E-state index < -0.39 is 0 Å². The van der Waals surface area contributed by atoms with E-state index in [0.717, 1.165) is 52.5 Å². The smallest absolute Gasteiger partial charge is 0.174 e. The van der Waals surface area contributed by atoms with Crippen LogP contribution in [0.15, 0.2) is 103 Å². The summed E-state index contributed by atoms with van der Waals surface area (Å²) < 4.78 is 2.26. The van der Waals surface area contributed by atoms with Crippen LogP contribution in [0.4, 0.5) is 11.4 Å². The van der Waals surface area contributed by atoms with E-state index in [4.69, 9.17) is 28.8 Å². The summed E-state index contributed by atoms with van der Waals surface area (Å²) in [5.74, 6) is 0.764. The molecule has 5 aromatic rings. The second kappa shape index (κ2) is 10.8. The number of halogens is 1. The van der Waals surface area contributed by atoms with Gasteiger partial charge < -0.3 is 19.7 Å². The summed E-state index contributed by atoms with van der Waals surface area (Å²) >= 11 is 13.0. The molecule has 0 bridgehead atoms. The van der Waals surface area contributed by atoms with E-state index in [1.165, 1.54) is 23.6 Å². The minimum Gasteiger partial charge on any atom is -0.370 e. The summed E-state index contributed by atoms with van der Waals surface area (Å²) in [4.78, 5) is 9.35. The SMILES string of the molecule is CC1CCN(c2ccc(N3C(=S)N[C@@H](c4ccccn4)[C@H]3c3cccn3-c3ccc4ccccc4c3)cc2Cl)CC1. The lowest BCUT2D eigenvalue weighted by Crippen LogP contribution is -2.33. The number of rotatable bonds is 5. The van der Waals surface area contributed by atoms with Crippen molar-refractivity contribution in [3.8, 4) is 5.69 Å². The van der Waals surface area contributed by atoms with Gasteiger partial charge in [-0.3, -0.25) is 4.98 Å². The van der Waals surface area contributed by atoms with Crippen molar-refractivity contribution in [3.63, 3.8) is 0 Å². The number of fused-ring (bicyclic) bond motifs is 1. The molecule has 7 rings (SSSR count). The Morgan fingerprint density at radius 3 is 2.41 bits per heavy atom. The maximum absolute atomic E-state index is 6.98. The van der Waals surface area contributed by atoms with Crippen LogP contribution >= 0.6 is 23.8 Å². The normalized spacial score (nSPS) is 19.6. The van der Waals surface area contributed by atoms with Gasteiger partial charge in [0.1, 0.15) is 6.04 Å². The first-order valence-corrected chi connectivity index (χ1v) is 15.1. The average Bonchev–Trinajstić information content (AvgIpc) is 3.62. The van der Waals surface area contributed by atoms with Crippen molar-refractivity contribution >= 4 is 51.1 Å². The summed E-state index contributed by atoms with van der Waals surface area (Å²) in [5.41, 5.74) is 5.23. The first-order chi connectivity index (χ1) is 20.1. The predicted molar refractivity (Wildman–Crippen MR) is 173 cm³/mol.